The Morgan fingerprint density at radius 1 is 1.07 bits per heavy atom. The van der Waals surface area contributed by atoms with E-state index >= 15 is 0 Å². The molecule has 0 spiro atoms. The van der Waals surface area contributed by atoms with Gasteiger partial charge in [0, 0.05) is 28.7 Å². The number of rotatable bonds is 4. The van der Waals surface area contributed by atoms with Crippen LogP contribution < -0.4 is 5.32 Å². The molecular formula is C21H18ClN5O. The third-order valence-corrected chi connectivity index (χ3v) is 4.58. The average molecular weight is 392 g/mol. The fourth-order valence-electron chi connectivity index (χ4n) is 3.06. The summed E-state index contributed by atoms with van der Waals surface area (Å²) in [6.45, 7) is 3.95. The number of aryl methyl sites for hydroxylation is 2. The number of carbonyl (C=O) groups is 1. The van der Waals surface area contributed by atoms with Crippen LogP contribution in [0.5, 0.6) is 0 Å². The lowest BCUT2D eigenvalue weighted by molar-refractivity contribution is 0.102. The van der Waals surface area contributed by atoms with Gasteiger partial charge in [0.05, 0.1) is 22.8 Å². The molecule has 0 atom stereocenters. The van der Waals surface area contributed by atoms with Gasteiger partial charge in [0.2, 0.25) is 0 Å². The Morgan fingerprint density at radius 3 is 2.50 bits per heavy atom. The number of benzene rings is 2. The minimum absolute atomic E-state index is 0.226. The van der Waals surface area contributed by atoms with Gasteiger partial charge in [-0.1, -0.05) is 11.6 Å². The van der Waals surface area contributed by atoms with Crippen LogP contribution in [0.1, 0.15) is 21.7 Å². The molecular weight excluding hydrogens is 374 g/mol. The predicted octanol–water partition coefficient (Wildman–Crippen LogP) is 4.58. The highest BCUT2D eigenvalue weighted by Crippen LogP contribution is 2.25. The van der Waals surface area contributed by atoms with E-state index in [-0.39, 0.29) is 5.91 Å². The molecule has 7 heteroatoms. The molecule has 0 saturated heterocycles. The quantitative estimate of drug-likeness (QED) is 0.553. The number of amides is 1. The number of hydrogen-bond acceptors (Lipinski definition) is 3. The molecule has 4 aromatic rings. The molecule has 0 unspecified atom stereocenters. The number of aromatic nitrogens is 4. The fourth-order valence-corrected chi connectivity index (χ4v) is 3.23. The Bertz CT molecular complexity index is 1130. The van der Waals surface area contributed by atoms with E-state index in [0.29, 0.717) is 16.3 Å². The van der Waals surface area contributed by atoms with E-state index in [9.17, 15) is 4.79 Å². The van der Waals surface area contributed by atoms with Gasteiger partial charge in [-0.15, -0.1) is 0 Å². The number of carbonyl (C=O) groups excluding carboxylic acids is 1. The van der Waals surface area contributed by atoms with Crippen LogP contribution in [0.3, 0.4) is 0 Å². The van der Waals surface area contributed by atoms with Crippen molar-refractivity contribution in [2.24, 2.45) is 0 Å². The van der Waals surface area contributed by atoms with Gasteiger partial charge in [0.15, 0.2) is 0 Å². The van der Waals surface area contributed by atoms with E-state index in [4.69, 9.17) is 11.6 Å². The highest BCUT2D eigenvalue weighted by atomic mass is 35.5. The molecule has 4 rings (SSSR count). The summed E-state index contributed by atoms with van der Waals surface area (Å²) in [6, 6.07) is 16.4. The molecule has 0 fully saturated rings. The molecule has 0 bridgehead atoms. The molecule has 2 aromatic carbocycles. The van der Waals surface area contributed by atoms with Gasteiger partial charge in [-0.2, -0.15) is 10.2 Å². The zero-order chi connectivity index (χ0) is 19.7. The Labute approximate surface area is 167 Å². The maximum Gasteiger partial charge on any atom is 0.255 e. The van der Waals surface area contributed by atoms with Gasteiger partial charge in [-0.3, -0.25) is 4.79 Å². The average Bonchev–Trinajstić information content (AvgIpc) is 3.31. The second-order valence-electron chi connectivity index (χ2n) is 6.45. The van der Waals surface area contributed by atoms with Crippen molar-refractivity contribution in [2.45, 2.75) is 13.8 Å². The minimum Gasteiger partial charge on any atom is -0.320 e. The van der Waals surface area contributed by atoms with E-state index in [0.717, 1.165) is 22.8 Å². The summed E-state index contributed by atoms with van der Waals surface area (Å²) < 4.78 is 3.53. The Kier molecular flexibility index (Phi) is 4.71. The first-order valence-corrected chi connectivity index (χ1v) is 9.14. The van der Waals surface area contributed by atoms with Crippen molar-refractivity contribution < 1.29 is 4.79 Å². The Hall–Kier alpha value is -3.38. The summed E-state index contributed by atoms with van der Waals surface area (Å²) in [5.74, 6) is -0.226. The Morgan fingerprint density at radius 2 is 1.86 bits per heavy atom. The molecule has 6 nitrogen and oxygen atoms in total. The third kappa shape index (κ3) is 3.54. The molecule has 0 aliphatic carbocycles. The smallest absolute Gasteiger partial charge is 0.255 e. The molecule has 1 amide bonds. The van der Waals surface area contributed by atoms with Crippen LogP contribution in [-0.4, -0.2) is 25.5 Å². The van der Waals surface area contributed by atoms with Gasteiger partial charge in [0.25, 0.3) is 5.91 Å². The zero-order valence-electron chi connectivity index (χ0n) is 15.4. The summed E-state index contributed by atoms with van der Waals surface area (Å²) in [5, 5.41) is 12.1. The van der Waals surface area contributed by atoms with Crippen molar-refractivity contribution in [1.29, 1.82) is 0 Å². The van der Waals surface area contributed by atoms with Crippen LogP contribution in [0, 0.1) is 13.8 Å². The SMILES string of the molecule is Cc1cc(C)n(-c2ccc(C(=O)Nc3cc(Cl)ccc3-n3cccn3)cc2)n1. The molecule has 0 saturated carbocycles. The molecule has 0 radical (unpaired) electrons. The molecule has 140 valence electrons. The van der Waals surface area contributed by atoms with Crippen molar-refractivity contribution in [3.8, 4) is 11.4 Å². The van der Waals surface area contributed by atoms with Gasteiger partial charge in [-0.25, -0.2) is 9.36 Å². The second kappa shape index (κ2) is 7.32. The summed E-state index contributed by atoms with van der Waals surface area (Å²) >= 11 is 6.12. The highest BCUT2D eigenvalue weighted by Gasteiger charge is 2.12. The van der Waals surface area contributed by atoms with Crippen LogP contribution in [0.25, 0.3) is 11.4 Å². The fraction of sp³-hybridized carbons (Fsp3) is 0.0952. The molecule has 2 heterocycles. The van der Waals surface area contributed by atoms with Crippen LogP contribution in [0.15, 0.2) is 67.0 Å². The first-order valence-electron chi connectivity index (χ1n) is 8.76. The molecule has 1 N–H and O–H groups in total. The summed E-state index contributed by atoms with van der Waals surface area (Å²) in [7, 11) is 0. The van der Waals surface area contributed by atoms with Crippen LogP contribution in [0.4, 0.5) is 5.69 Å². The number of nitrogens with zero attached hydrogens (tertiary/aromatic N) is 4. The zero-order valence-corrected chi connectivity index (χ0v) is 16.2. The lowest BCUT2D eigenvalue weighted by atomic mass is 10.1. The number of nitrogens with one attached hydrogen (secondary N) is 1. The monoisotopic (exact) mass is 391 g/mol. The molecule has 28 heavy (non-hydrogen) atoms. The largest absolute Gasteiger partial charge is 0.320 e. The van der Waals surface area contributed by atoms with Gasteiger partial charge in [0.1, 0.15) is 0 Å². The Balaban J connectivity index is 1.59. The highest BCUT2D eigenvalue weighted by molar-refractivity contribution is 6.31. The van der Waals surface area contributed by atoms with Crippen LogP contribution >= 0.6 is 11.6 Å². The minimum atomic E-state index is -0.226. The van der Waals surface area contributed by atoms with E-state index in [1.807, 2.05) is 55.1 Å². The maximum atomic E-state index is 12.8. The predicted molar refractivity (Wildman–Crippen MR) is 110 cm³/mol. The molecule has 2 aromatic heterocycles. The van der Waals surface area contributed by atoms with Crippen molar-refractivity contribution in [3.05, 3.63) is 89.0 Å². The summed E-state index contributed by atoms with van der Waals surface area (Å²) in [6.07, 6.45) is 3.49. The summed E-state index contributed by atoms with van der Waals surface area (Å²) in [4.78, 5) is 12.8. The van der Waals surface area contributed by atoms with E-state index in [2.05, 4.69) is 15.5 Å². The van der Waals surface area contributed by atoms with Crippen molar-refractivity contribution >= 4 is 23.2 Å². The number of hydrogen-bond donors (Lipinski definition) is 1. The first-order chi connectivity index (χ1) is 13.5. The van der Waals surface area contributed by atoms with Crippen molar-refractivity contribution in [1.82, 2.24) is 19.6 Å². The van der Waals surface area contributed by atoms with Crippen molar-refractivity contribution in [2.75, 3.05) is 5.32 Å². The van der Waals surface area contributed by atoms with E-state index < -0.39 is 0 Å². The van der Waals surface area contributed by atoms with Crippen LogP contribution in [-0.2, 0) is 0 Å². The third-order valence-electron chi connectivity index (χ3n) is 4.34. The number of halogens is 1. The summed E-state index contributed by atoms with van der Waals surface area (Å²) in [5.41, 5.74) is 4.76. The first kappa shape index (κ1) is 18.0. The van der Waals surface area contributed by atoms with Gasteiger partial charge in [-0.05, 0) is 68.4 Å². The second-order valence-corrected chi connectivity index (χ2v) is 6.89. The van der Waals surface area contributed by atoms with Gasteiger partial charge < -0.3 is 5.32 Å². The topological polar surface area (TPSA) is 64.7 Å². The molecule has 0 aliphatic heterocycles. The normalized spacial score (nSPS) is 10.8. The number of anilines is 1. The molecule has 0 aliphatic rings. The lowest BCUT2D eigenvalue weighted by Gasteiger charge is -2.12. The maximum absolute atomic E-state index is 12.8. The van der Waals surface area contributed by atoms with Crippen molar-refractivity contribution in [3.63, 3.8) is 0 Å². The van der Waals surface area contributed by atoms with E-state index in [1.54, 1.807) is 35.1 Å². The standard InChI is InChI=1S/C21H18ClN5O/c1-14-12-15(2)27(25-14)18-7-4-16(5-8-18)21(28)24-19-13-17(22)6-9-20(19)26-11-3-10-23-26/h3-13H,1-2H3,(H,24,28). The van der Waals surface area contributed by atoms with Crippen LogP contribution in [0.2, 0.25) is 5.02 Å². The van der Waals surface area contributed by atoms with Gasteiger partial charge >= 0.3 is 0 Å². The van der Waals surface area contributed by atoms with E-state index in [1.165, 1.54) is 0 Å². The lowest BCUT2D eigenvalue weighted by Crippen LogP contribution is -2.14.